The Bertz CT molecular complexity index is 777. The Morgan fingerprint density at radius 3 is 2.64 bits per heavy atom. The highest BCUT2D eigenvalue weighted by molar-refractivity contribution is 9.10. The Morgan fingerprint density at radius 2 is 1.96 bits per heavy atom. The van der Waals surface area contributed by atoms with E-state index in [0.29, 0.717) is 29.3 Å². The Hall–Kier alpha value is -2.34. The number of rotatable bonds is 6. The number of carbonyl (C=O) groups is 2. The molecule has 0 saturated heterocycles. The molecular weight excluding hydrogens is 384 g/mol. The summed E-state index contributed by atoms with van der Waals surface area (Å²) in [6.07, 6.45) is 0.858. The number of hydrogen-bond donors (Lipinski definition) is 1. The van der Waals surface area contributed by atoms with Gasteiger partial charge >= 0.3 is 0 Å². The van der Waals surface area contributed by atoms with Crippen LogP contribution < -0.4 is 15.0 Å². The standard InChI is InChI=1S/C19H21BrN2O3/c1-4-10-25-18-9-8-14(20)11-17(18)19(24)21-15-6-5-7-16(12-15)22(3)13(2)23/h5-9,11-12H,4,10H2,1-3H3,(H,21,24). The minimum absolute atomic E-state index is 0.0780. The molecule has 0 saturated carbocycles. The first-order chi connectivity index (χ1) is 11.9. The van der Waals surface area contributed by atoms with Gasteiger partial charge in [-0.2, -0.15) is 0 Å². The number of amides is 2. The average molecular weight is 405 g/mol. The number of anilines is 2. The molecule has 0 unspecified atom stereocenters. The lowest BCUT2D eigenvalue weighted by Crippen LogP contribution is -2.23. The minimum atomic E-state index is -0.268. The van der Waals surface area contributed by atoms with Gasteiger partial charge in [0.05, 0.1) is 12.2 Å². The summed E-state index contributed by atoms with van der Waals surface area (Å²) in [7, 11) is 1.69. The number of hydrogen-bond acceptors (Lipinski definition) is 3. The molecule has 0 radical (unpaired) electrons. The largest absolute Gasteiger partial charge is 0.493 e. The molecule has 2 aromatic rings. The second-order valence-electron chi connectivity index (χ2n) is 5.57. The molecule has 2 aromatic carbocycles. The molecule has 0 heterocycles. The van der Waals surface area contributed by atoms with Crippen LogP contribution in [0.25, 0.3) is 0 Å². The quantitative estimate of drug-likeness (QED) is 0.772. The highest BCUT2D eigenvalue weighted by Gasteiger charge is 2.14. The van der Waals surface area contributed by atoms with E-state index in [1.165, 1.54) is 11.8 Å². The smallest absolute Gasteiger partial charge is 0.259 e. The molecule has 5 nitrogen and oxygen atoms in total. The number of halogens is 1. The number of nitrogens with one attached hydrogen (secondary N) is 1. The fraction of sp³-hybridized carbons (Fsp3) is 0.263. The van der Waals surface area contributed by atoms with Crippen molar-refractivity contribution in [2.75, 3.05) is 23.9 Å². The third-order valence-electron chi connectivity index (χ3n) is 3.61. The van der Waals surface area contributed by atoms with Crippen molar-refractivity contribution in [1.29, 1.82) is 0 Å². The molecule has 2 amide bonds. The summed E-state index contributed by atoms with van der Waals surface area (Å²) in [6.45, 7) is 4.04. The number of benzene rings is 2. The Labute approximate surface area is 156 Å². The fourth-order valence-electron chi connectivity index (χ4n) is 2.19. The normalized spacial score (nSPS) is 10.2. The van der Waals surface area contributed by atoms with Gasteiger partial charge in [-0.25, -0.2) is 0 Å². The first kappa shape index (κ1) is 19.0. The van der Waals surface area contributed by atoms with Gasteiger partial charge in [0.25, 0.3) is 5.91 Å². The molecule has 0 aliphatic carbocycles. The number of ether oxygens (including phenoxy) is 1. The van der Waals surface area contributed by atoms with Crippen LogP contribution in [-0.2, 0) is 4.79 Å². The van der Waals surface area contributed by atoms with Crippen LogP contribution in [0, 0.1) is 0 Å². The maximum absolute atomic E-state index is 12.7. The molecule has 0 fully saturated rings. The zero-order chi connectivity index (χ0) is 18.4. The van der Waals surface area contributed by atoms with E-state index < -0.39 is 0 Å². The highest BCUT2D eigenvalue weighted by atomic mass is 79.9. The molecule has 2 rings (SSSR count). The topological polar surface area (TPSA) is 58.6 Å². The van der Waals surface area contributed by atoms with Crippen LogP contribution in [0.4, 0.5) is 11.4 Å². The third-order valence-corrected chi connectivity index (χ3v) is 4.10. The van der Waals surface area contributed by atoms with Crippen molar-refractivity contribution >= 4 is 39.1 Å². The molecule has 0 atom stereocenters. The molecule has 25 heavy (non-hydrogen) atoms. The molecule has 0 spiro atoms. The van der Waals surface area contributed by atoms with Gasteiger partial charge < -0.3 is 15.0 Å². The molecule has 132 valence electrons. The summed E-state index contributed by atoms with van der Waals surface area (Å²) in [5.41, 5.74) is 1.77. The Kier molecular flexibility index (Phi) is 6.58. The van der Waals surface area contributed by atoms with Crippen LogP contribution in [0.1, 0.15) is 30.6 Å². The lowest BCUT2D eigenvalue weighted by molar-refractivity contribution is -0.116. The van der Waals surface area contributed by atoms with E-state index in [-0.39, 0.29) is 11.8 Å². The van der Waals surface area contributed by atoms with Crippen LogP contribution in [0.3, 0.4) is 0 Å². The van der Waals surface area contributed by atoms with Gasteiger partial charge in [0.1, 0.15) is 5.75 Å². The van der Waals surface area contributed by atoms with Crippen LogP contribution in [-0.4, -0.2) is 25.5 Å². The van der Waals surface area contributed by atoms with Crippen LogP contribution in [0.5, 0.6) is 5.75 Å². The predicted octanol–water partition coefficient (Wildman–Crippen LogP) is 4.47. The van der Waals surface area contributed by atoms with Gasteiger partial charge in [0.15, 0.2) is 0 Å². The third kappa shape index (κ3) is 5.06. The van der Waals surface area contributed by atoms with E-state index in [4.69, 9.17) is 4.74 Å². The van der Waals surface area contributed by atoms with E-state index in [1.54, 1.807) is 37.4 Å². The lowest BCUT2D eigenvalue weighted by atomic mass is 10.1. The number of carbonyl (C=O) groups excluding carboxylic acids is 2. The van der Waals surface area contributed by atoms with Gasteiger partial charge in [-0.1, -0.05) is 28.9 Å². The highest BCUT2D eigenvalue weighted by Crippen LogP contribution is 2.25. The minimum Gasteiger partial charge on any atom is -0.493 e. The second kappa shape index (κ2) is 8.67. The van der Waals surface area contributed by atoms with Gasteiger partial charge in [0, 0.05) is 29.8 Å². The van der Waals surface area contributed by atoms with Gasteiger partial charge in [-0.05, 0) is 42.8 Å². The molecule has 0 aliphatic heterocycles. The van der Waals surface area contributed by atoms with E-state index >= 15 is 0 Å². The van der Waals surface area contributed by atoms with Crippen molar-refractivity contribution in [3.63, 3.8) is 0 Å². The van der Waals surface area contributed by atoms with E-state index in [1.807, 2.05) is 19.1 Å². The lowest BCUT2D eigenvalue weighted by Gasteiger charge is -2.16. The summed E-state index contributed by atoms with van der Waals surface area (Å²) in [6, 6.07) is 12.5. The molecule has 0 aromatic heterocycles. The summed E-state index contributed by atoms with van der Waals surface area (Å²) in [4.78, 5) is 25.7. The van der Waals surface area contributed by atoms with E-state index in [9.17, 15) is 9.59 Å². The van der Waals surface area contributed by atoms with Crippen molar-refractivity contribution in [2.24, 2.45) is 0 Å². The van der Waals surface area contributed by atoms with E-state index in [2.05, 4.69) is 21.2 Å². The number of nitrogens with zero attached hydrogens (tertiary/aromatic N) is 1. The summed E-state index contributed by atoms with van der Waals surface area (Å²) in [5, 5.41) is 2.86. The maximum atomic E-state index is 12.7. The SMILES string of the molecule is CCCOc1ccc(Br)cc1C(=O)Nc1cccc(N(C)C(C)=O)c1. The van der Waals surface area contributed by atoms with Crippen LogP contribution >= 0.6 is 15.9 Å². The molecule has 6 heteroatoms. The van der Waals surface area contributed by atoms with Crippen molar-refractivity contribution in [3.05, 3.63) is 52.5 Å². The first-order valence-electron chi connectivity index (χ1n) is 8.00. The average Bonchev–Trinajstić information content (AvgIpc) is 2.60. The van der Waals surface area contributed by atoms with E-state index in [0.717, 1.165) is 10.9 Å². The Morgan fingerprint density at radius 1 is 1.20 bits per heavy atom. The molecule has 1 N–H and O–H groups in total. The van der Waals surface area contributed by atoms with Crippen molar-refractivity contribution in [3.8, 4) is 5.75 Å². The second-order valence-corrected chi connectivity index (χ2v) is 6.49. The summed E-state index contributed by atoms with van der Waals surface area (Å²) < 4.78 is 6.46. The maximum Gasteiger partial charge on any atom is 0.259 e. The molecular formula is C19H21BrN2O3. The fourth-order valence-corrected chi connectivity index (χ4v) is 2.55. The van der Waals surface area contributed by atoms with Crippen LogP contribution in [0.2, 0.25) is 0 Å². The van der Waals surface area contributed by atoms with Gasteiger partial charge in [0.2, 0.25) is 5.91 Å². The van der Waals surface area contributed by atoms with Gasteiger partial charge in [-0.3, -0.25) is 9.59 Å². The monoisotopic (exact) mass is 404 g/mol. The van der Waals surface area contributed by atoms with Crippen molar-refractivity contribution in [2.45, 2.75) is 20.3 Å². The summed E-state index contributed by atoms with van der Waals surface area (Å²) >= 11 is 3.39. The van der Waals surface area contributed by atoms with Crippen molar-refractivity contribution in [1.82, 2.24) is 0 Å². The predicted molar refractivity (Wildman–Crippen MR) is 103 cm³/mol. The zero-order valence-corrected chi connectivity index (χ0v) is 16.1. The van der Waals surface area contributed by atoms with Crippen molar-refractivity contribution < 1.29 is 14.3 Å². The molecule has 0 bridgehead atoms. The summed E-state index contributed by atoms with van der Waals surface area (Å²) in [5.74, 6) is 0.195. The first-order valence-corrected chi connectivity index (χ1v) is 8.79. The Balaban J connectivity index is 2.24. The van der Waals surface area contributed by atoms with Gasteiger partial charge in [-0.15, -0.1) is 0 Å². The molecule has 0 aliphatic rings. The zero-order valence-electron chi connectivity index (χ0n) is 14.5. The van der Waals surface area contributed by atoms with Crippen LogP contribution in [0.15, 0.2) is 46.9 Å².